The number of hydrogen-bond acceptors (Lipinski definition) is 4. The van der Waals surface area contributed by atoms with Crippen LogP contribution in [-0.4, -0.2) is 20.5 Å². The molecule has 7 heteroatoms. The summed E-state index contributed by atoms with van der Waals surface area (Å²) in [7, 11) is 0. The Morgan fingerprint density at radius 3 is 2.50 bits per heavy atom. The van der Waals surface area contributed by atoms with Crippen molar-refractivity contribution in [1.82, 2.24) is 14.8 Å². The van der Waals surface area contributed by atoms with Gasteiger partial charge >= 0.3 is 0 Å². The Hall–Kier alpha value is -3.35. The van der Waals surface area contributed by atoms with Crippen molar-refractivity contribution in [2.75, 3.05) is 5.32 Å². The van der Waals surface area contributed by atoms with Gasteiger partial charge in [-0.15, -0.1) is 0 Å². The van der Waals surface area contributed by atoms with Crippen LogP contribution in [0.15, 0.2) is 66.1 Å². The number of nitrogens with one attached hydrogen (secondary N) is 1. The Bertz CT molecular complexity index is 1090. The number of fused-ring (bicyclic) bond motifs is 1. The summed E-state index contributed by atoms with van der Waals surface area (Å²) in [6, 6.07) is 12.5. The number of Topliss-reactive ketones (excluding diaryl/α,β-unsaturated/α-hetero) is 1. The third kappa shape index (κ3) is 2.70. The maximum absolute atomic E-state index is 13.9. The van der Waals surface area contributed by atoms with Gasteiger partial charge in [-0.1, -0.05) is 30.3 Å². The molecule has 5 rings (SSSR count). The van der Waals surface area contributed by atoms with E-state index in [1.807, 2.05) is 30.3 Å². The summed E-state index contributed by atoms with van der Waals surface area (Å²) in [6.07, 6.45) is 2.32. The van der Waals surface area contributed by atoms with Crippen LogP contribution in [0.2, 0.25) is 0 Å². The SMILES string of the molecule is O=C1CC(c2ccccc2)CC2=C1C(c1cc(F)cc(F)c1)n1ncnc1N2. The lowest BCUT2D eigenvalue weighted by Crippen LogP contribution is -2.33. The number of carbonyl (C=O) groups is 1. The van der Waals surface area contributed by atoms with E-state index in [0.717, 1.165) is 17.3 Å². The number of carbonyl (C=O) groups excluding carboxylic acids is 1. The van der Waals surface area contributed by atoms with Crippen LogP contribution in [0.3, 0.4) is 0 Å². The van der Waals surface area contributed by atoms with E-state index in [2.05, 4.69) is 15.4 Å². The average molecular weight is 378 g/mol. The number of nitrogens with zero attached hydrogens (tertiary/aromatic N) is 3. The molecular formula is C21H16F2N4O. The molecular weight excluding hydrogens is 362 g/mol. The molecule has 3 aromatic rings. The van der Waals surface area contributed by atoms with Gasteiger partial charge in [-0.25, -0.2) is 13.5 Å². The standard InChI is InChI=1S/C21H16F2N4O/c22-15-6-14(7-16(23)10-15)20-19-17(26-21-24-11-25-27(20)21)8-13(9-18(19)28)12-4-2-1-3-5-12/h1-7,10-11,13,20H,8-9H2,(H,24,25,26). The second-order valence-electron chi connectivity index (χ2n) is 7.09. The molecule has 140 valence electrons. The smallest absolute Gasteiger partial charge is 0.226 e. The number of benzene rings is 2. The zero-order valence-electron chi connectivity index (χ0n) is 14.8. The normalized spacial score (nSPS) is 21.1. The van der Waals surface area contributed by atoms with E-state index in [0.29, 0.717) is 29.9 Å². The van der Waals surface area contributed by atoms with Gasteiger partial charge in [0.1, 0.15) is 24.0 Å². The summed E-state index contributed by atoms with van der Waals surface area (Å²) in [5, 5.41) is 7.39. The minimum Gasteiger partial charge on any atom is -0.328 e. The lowest BCUT2D eigenvalue weighted by atomic mass is 9.78. The first-order valence-corrected chi connectivity index (χ1v) is 9.04. The summed E-state index contributed by atoms with van der Waals surface area (Å²) in [6.45, 7) is 0. The Kier molecular flexibility index (Phi) is 3.82. The van der Waals surface area contributed by atoms with Crippen LogP contribution in [0, 0.1) is 11.6 Å². The lowest BCUT2D eigenvalue weighted by molar-refractivity contribution is -0.116. The molecule has 2 heterocycles. The molecule has 1 aliphatic heterocycles. The van der Waals surface area contributed by atoms with Crippen molar-refractivity contribution in [3.8, 4) is 0 Å². The van der Waals surface area contributed by atoms with Crippen molar-refractivity contribution in [3.63, 3.8) is 0 Å². The van der Waals surface area contributed by atoms with E-state index >= 15 is 0 Å². The van der Waals surface area contributed by atoms with Gasteiger partial charge in [-0.05, 0) is 35.6 Å². The summed E-state index contributed by atoms with van der Waals surface area (Å²) in [5.74, 6) is -0.946. The molecule has 0 saturated heterocycles. The first-order valence-electron chi connectivity index (χ1n) is 9.04. The quantitative estimate of drug-likeness (QED) is 0.733. The molecule has 0 bridgehead atoms. The number of ketones is 1. The minimum atomic E-state index is -0.705. The van der Waals surface area contributed by atoms with Gasteiger partial charge in [0, 0.05) is 23.8 Å². The van der Waals surface area contributed by atoms with Crippen molar-refractivity contribution in [1.29, 1.82) is 0 Å². The third-order valence-corrected chi connectivity index (χ3v) is 5.33. The van der Waals surface area contributed by atoms with E-state index in [9.17, 15) is 13.6 Å². The zero-order valence-corrected chi connectivity index (χ0v) is 14.8. The predicted octanol–water partition coefficient (Wildman–Crippen LogP) is 3.97. The number of halogens is 2. The van der Waals surface area contributed by atoms with E-state index in [-0.39, 0.29) is 11.7 Å². The number of rotatable bonds is 2. The van der Waals surface area contributed by atoms with Crippen LogP contribution in [0.4, 0.5) is 14.7 Å². The molecule has 0 amide bonds. The average Bonchev–Trinajstić information content (AvgIpc) is 3.14. The number of allylic oxidation sites excluding steroid dienone is 2. The molecule has 28 heavy (non-hydrogen) atoms. The fourth-order valence-corrected chi connectivity index (χ4v) is 4.15. The number of hydrogen-bond donors (Lipinski definition) is 1. The third-order valence-electron chi connectivity index (χ3n) is 5.33. The highest BCUT2D eigenvalue weighted by Crippen LogP contribution is 2.43. The minimum absolute atomic E-state index is 0.0410. The fraction of sp³-hybridized carbons (Fsp3) is 0.190. The van der Waals surface area contributed by atoms with Crippen molar-refractivity contribution in [3.05, 3.63) is 88.9 Å². The summed E-state index contributed by atoms with van der Waals surface area (Å²) in [4.78, 5) is 17.3. The van der Waals surface area contributed by atoms with Crippen LogP contribution in [0.25, 0.3) is 0 Å². The summed E-state index contributed by atoms with van der Waals surface area (Å²) in [5.41, 5.74) is 2.66. The Labute approximate surface area is 159 Å². The first kappa shape index (κ1) is 16.8. The van der Waals surface area contributed by atoms with Crippen LogP contribution in [0.5, 0.6) is 0 Å². The van der Waals surface area contributed by atoms with Gasteiger partial charge in [0.15, 0.2) is 5.78 Å². The topological polar surface area (TPSA) is 59.8 Å². The van der Waals surface area contributed by atoms with Gasteiger partial charge in [0.25, 0.3) is 0 Å². The molecule has 2 atom stereocenters. The highest BCUT2D eigenvalue weighted by atomic mass is 19.1. The highest BCUT2D eigenvalue weighted by molar-refractivity contribution is 6.00. The van der Waals surface area contributed by atoms with E-state index in [1.54, 1.807) is 0 Å². The highest BCUT2D eigenvalue weighted by Gasteiger charge is 2.39. The summed E-state index contributed by atoms with van der Waals surface area (Å²) >= 11 is 0. The van der Waals surface area contributed by atoms with Gasteiger partial charge < -0.3 is 5.32 Å². The molecule has 5 nitrogen and oxygen atoms in total. The van der Waals surface area contributed by atoms with Crippen molar-refractivity contribution < 1.29 is 13.6 Å². The Balaban J connectivity index is 1.63. The van der Waals surface area contributed by atoms with Crippen LogP contribution in [-0.2, 0) is 4.79 Å². The maximum atomic E-state index is 13.9. The molecule has 1 N–H and O–H groups in total. The molecule has 2 aromatic carbocycles. The lowest BCUT2D eigenvalue weighted by Gasteiger charge is -2.35. The molecule has 1 aliphatic carbocycles. The summed E-state index contributed by atoms with van der Waals surface area (Å²) < 4.78 is 29.3. The molecule has 2 unspecified atom stereocenters. The zero-order chi connectivity index (χ0) is 19.3. The maximum Gasteiger partial charge on any atom is 0.226 e. The van der Waals surface area contributed by atoms with Crippen LogP contribution < -0.4 is 5.32 Å². The van der Waals surface area contributed by atoms with Gasteiger partial charge in [-0.3, -0.25) is 4.79 Å². The van der Waals surface area contributed by atoms with Crippen LogP contribution in [0.1, 0.15) is 35.9 Å². The van der Waals surface area contributed by atoms with Gasteiger partial charge in [-0.2, -0.15) is 10.1 Å². The van der Waals surface area contributed by atoms with E-state index in [4.69, 9.17) is 0 Å². The predicted molar refractivity (Wildman–Crippen MR) is 98.6 cm³/mol. The van der Waals surface area contributed by atoms with Crippen molar-refractivity contribution >= 4 is 11.7 Å². The molecule has 0 fully saturated rings. The van der Waals surface area contributed by atoms with E-state index < -0.39 is 17.7 Å². The van der Waals surface area contributed by atoms with E-state index in [1.165, 1.54) is 23.1 Å². The molecule has 1 aromatic heterocycles. The number of aromatic nitrogens is 3. The van der Waals surface area contributed by atoms with Gasteiger partial charge in [0.2, 0.25) is 5.95 Å². The van der Waals surface area contributed by atoms with Crippen molar-refractivity contribution in [2.24, 2.45) is 0 Å². The molecule has 0 saturated carbocycles. The van der Waals surface area contributed by atoms with Crippen molar-refractivity contribution in [2.45, 2.75) is 24.8 Å². The monoisotopic (exact) mass is 378 g/mol. The Morgan fingerprint density at radius 2 is 1.75 bits per heavy atom. The largest absolute Gasteiger partial charge is 0.328 e. The molecule has 2 aliphatic rings. The first-order chi connectivity index (χ1) is 13.6. The Morgan fingerprint density at radius 1 is 1.00 bits per heavy atom. The van der Waals surface area contributed by atoms with Gasteiger partial charge in [0.05, 0.1) is 0 Å². The van der Waals surface area contributed by atoms with Crippen LogP contribution >= 0.6 is 0 Å². The second-order valence-corrected chi connectivity index (χ2v) is 7.09. The number of anilines is 1. The molecule has 0 radical (unpaired) electrons. The molecule has 0 spiro atoms. The second kappa shape index (κ2) is 6.37. The fourth-order valence-electron chi connectivity index (χ4n) is 4.15.